The van der Waals surface area contributed by atoms with Gasteiger partial charge in [0, 0.05) is 13.0 Å². The van der Waals surface area contributed by atoms with E-state index in [4.69, 9.17) is 4.74 Å². The van der Waals surface area contributed by atoms with Gasteiger partial charge in [-0.05, 0) is 43.2 Å². The Kier molecular flexibility index (Phi) is 3.98. The number of benzene rings is 1. The van der Waals surface area contributed by atoms with Crippen molar-refractivity contribution >= 4 is 23.4 Å². The van der Waals surface area contributed by atoms with Crippen molar-refractivity contribution < 1.29 is 19.1 Å². The zero-order chi connectivity index (χ0) is 17.6. The van der Waals surface area contributed by atoms with Crippen LogP contribution >= 0.6 is 0 Å². The smallest absolute Gasteiger partial charge is 0.233 e. The molecule has 2 aliphatic carbocycles. The molecule has 1 aromatic rings. The zero-order valence-electron chi connectivity index (χ0n) is 14.2. The highest BCUT2D eigenvalue weighted by Crippen LogP contribution is 2.56. The van der Waals surface area contributed by atoms with Gasteiger partial charge in [0.2, 0.25) is 17.7 Å². The number of carbonyl (C=O) groups is 3. The van der Waals surface area contributed by atoms with Crippen LogP contribution in [-0.2, 0) is 14.4 Å². The van der Waals surface area contributed by atoms with Gasteiger partial charge < -0.3 is 10.1 Å². The first-order chi connectivity index (χ1) is 12.1. The number of hydrogen-bond donors (Lipinski definition) is 1. The van der Waals surface area contributed by atoms with Gasteiger partial charge in [0.15, 0.2) is 0 Å². The Morgan fingerprint density at radius 2 is 1.80 bits per heavy atom. The Hall–Kier alpha value is -2.37. The van der Waals surface area contributed by atoms with Crippen LogP contribution in [0.4, 0.5) is 5.69 Å². The lowest BCUT2D eigenvalue weighted by Crippen LogP contribution is -2.35. The molecule has 1 heterocycles. The van der Waals surface area contributed by atoms with E-state index in [0.717, 1.165) is 19.3 Å². The van der Waals surface area contributed by atoms with E-state index in [2.05, 4.69) is 5.32 Å². The Balaban J connectivity index is 1.38. The van der Waals surface area contributed by atoms with Crippen LogP contribution in [0.2, 0.25) is 0 Å². The number of amides is 3. The number of carbonyl (C=O) groups excluding carboxylic acids is 3. The largest absolute Gasteiger partial charge is 0.495 e. The summed E-state index contributed by atoms with van der Waals surface area (Å²) in [5.74, 6) is 0.727. The number of likely N-dealkylation sites (tertiary alicyclic amines) is 1. The summed E-state index contributed by atoms with van der Waals surface area (Å²) in [5, 5.41) is 2.78. The molecule has 4 atom stereocenters. The first-order valence-electron chi connectivity index (χ1n) is 8.88. The van der Waals surface area contributed by atoms with Crippen LogP contribution < -0.4 is 10.1 Å². The number of anilines is 1. The molecule has 3 fully saturated rings. The van der Waals surface area contributed by atoms with E-state index in [-0.39, 0.29) is 42.5 Å². The summed E-state index contributed by atoms with van der Waals surface area (Å²) in [5.41, 5.74) is 0.587. The molecule has 3 amide bonds. The van der Waals surface area contributed by atoms with E-state index < -0.39 is 0 Å². The second-order valence-corrected chi connectivity index (χ2v) is 7.21. The van der Waals surface area contributed by atoms with Crippen molar-refractivity contribution in [2.45, 2.75) is 25.7 Å². The van der Waals surface area contributed by atoms with E-state index in [0.29, 0.717) is 23.3 Å². The number of hydrogen-bond acceptors (Lipinski definition) is 4. The molecular weight excluding hydrogens is 320 g/mol. The van der Waals surface area contributed by atoms with E-state index in [1.54, 1.807) is 19.2 Å². The minimum atomic E-state index is -0.231. The van der Waals surface area contributed by atoms with Gasteiger partial charge in [0.25, 0.3) is 0 Å². The van der Waals surface area contributed by atoms with Crippen LogP contribution in [0.1, 0.15) is 25.7 Å². The minimum absolute atomic E-state index is 0.0627. The number of fused-ring (bicyclic) bond motifs is 5. The first kappa shape index (κ1) is 16.1. The number of rotatable bonds is 5. The van der Waals surface area contributed by atoms with Gasteiger partial charge in [-0.1, -0.05) is 12.1 Å². The molecule has 4 rings (SSSR count). The molecule has 1 saturated heterocycles. The minimum Gasteiger partial charge on any atom is -0.495 e. The number of imide groups is 1. The van der Waals surface area contributed by atoms with Crippen LogP contribution in [0, 0.1) is 23.7 Å². The lowest BCUT2D eigenvalue weighted by molar-refractivity contribution is -0.140. The molecule has 1 N–H and O–H groups in total. The number of para-hydroxylation sites is 2. The summed E-state index contributed by atoms with van der Waals surface area (Å²) < 4.78 is 5.21. The summed E-state index contributed by atoms with van der Waals surface area (Å²) in [7, 11) is 1.54. The van der Waals surface area contributed by atoms with Crippen LogP contribution in [0.25, 0.3) is 0 Å². The highest BCUT2D eigenvalue weighted by Gasteiger charge is 2.60. The second-order valence-electron chi connectivity index (χ2n) is 7.21. The monoisotopic (exact) mass is 342 g/mol. The van der Waals surface area contributed by atoms with Gasteiger partial charge >= 0.3 is 0 Å². The fourth-order valence-corrected chi connectivity index (χ4v) is 4.86. The average molecular weight is 342 g/mol. The predicted molar refractivity (Wildman–Crippen MR) is 90.8 cm³/mol. The van der Waals surface area contributed by atoms with Gasteiger partial charge in [-0.2, -0.15) is 0 Å². The third-order valence-corrected chi connectivity index (χ3v) is 5.96. The summed E-state index contributed by atoms with van der Waals surface area (Å²) in [6.07, 6.45) is 3.25. The molecule has 3 aliphatic rings. The van der Waals surface area contributed by atoms with Crippen molar-refractivity contribution in [2.75, 3.05) is 19.0 Å². The average Bonchev–Trinajstić information content (AvgIpc) is 3.28. The molecule has 25 heavy (non-hydrogen) atoms. The number of methoxy groups -OCH3 is 1. The van der Waals surface area contributed by atoms with Crippen molar-refractivity contribution in [2.24, 2.45) is 23.7 Å². The van der Waals surface area contributed by atoms with Gasteiger partial charge in [-0.15, -0.1) is 0 Å². The molecular formula is C19H22N2O4. The Morgan fingerprint density at radius 3 is 2.44 bits per heavy atom. The molecule has 1 aliphatic heterocycles. The summed E-state index contributed by atoms with van der Waals surface area (Å²) in [6.45, 7) is 0.158. The quantitative estimate of drug-likeness (QED) is 0.831. The third kappa shape index (κ3) is 2.60. The maximum atomic E-state index is 12.6. The highest BCUT2D eigenvalue weighted by atomic mass is 16.5. The second kappa shape index (κ2) is 6.17. The van der Waals surface area contributed by atoms with E-state index >= 15 is 0 Å². The lowest BCUT2D eigenvalue weighted by Gasteiger charge is -2.19. The maximum absolute atomic E-state index is 12.6. The normalized spacial score (nSPS) is 29.9. The first-order valence-corrected chi connectivity index (χ1v) is 8.88. The predicted octanol–water partition coefficient (Wildman–Crippen LogP) is 2.05. The molecule has 0 radical (unpaired) electrons. The molecule has 0 aromatic heterocycles. The summed E-state index contributed by atoms with van der Waals surface area (Å²) in [4.78, 5) is 38.8. The summed E-state index contributed by atoms with van der Waals surface area (Å²) in [6, 6.07) is 7.15. The number of ether oxygens (including phenoxy) is 1. The van der Waals surface area contributed by atoms with E-state index in [9.17, 15) is 14.4 Å². The Morgan fingerprint density at radius 1 is 1.16 bits per heavy atom. The highest BCUT2D eigenvalue weighted by molar-refractivity contribution is 6.06. The maximum Gasteiger partial charge on any atom is 0.233 e. The van der Waals surface area contributed by atoms with Gasteiger partial charge in [-0.25, -0.2) is 0 Å². The van der Waals surface area contributed by atoms with Crippen LogP contribution in [0.15, 0.2) is 24.3 Å². The molecule has 6 heteroatoms. The van der Waals surface area contributed by atoms with E-state index in [1.165, 1.54) is 4.90 Å². The molecule has 0 unspecified atom stereocenters. The van der Waals surface area contributed by atoms with Crippen LogP contribution in [0.5, 0.6) is 5.75 Å². The fraction of sp³-hybridized carbons (Fsp3) is 0.526. The van der Waals surface area contributed by atoms with Crippen LogP contribution in [-0.4, -0.2) is 36.3 Å². The molecule has 1 aromatic carbocycles. The van der Waals surface area contributed by atoms with Crippen molar-refractivity contribution in [3.05, 3.63) is 24.3 Å². The number of nitrogens with zero attached hydrogens (tertiary/aromatic N) is 1. The molecule has 2 saturated carbocycles. The fourth-order valence-electron chi connectivity index (χ4n) is 4.86. The zero-order valence-corrected chi connectivity index (χ0v) is 14.2. The SMILES string of the molecule is COc1ccccc1NC(=O)CCN1C(=O)[C@@H]2[C@H]3CC[C@@H](C3)[C@H]2C1=O. The van der Waals surface area contributed by atoms with Crippen LogP contribution in [0.3, 0.4) is 0 Å². The Labute approximate surface area is 146 Å². The lowest BCUT2D eigenvalue weighted by atomic mass is 9.81. The van der Waals surface area contributed by atoms with Crippen molar-refractivity contribution in [1.29, 1.82) is 0 Å². The molecule has 6 nitrogen and oxygen atoms in total. The summed E-state index contributed by atoms with van der Waals surface area (Å²) >= 11 is 0. The van der Waals surface area contributed by atoms with Crippen molar-refractivity contribution in [1.82, 2.24) is 4.90 Å². The van der Waals surface area contributed by atoms with Gasteiger partial charge in [0.1, 0.15) is 5.75 Å². The third-order valence-electron chi connectivity index (χ3n) is 5.96. The van der Waals surface area contributed by atoms with Crippen molar-refractivity contribution in [3.8, 4) is 5.75 Å². The molecule has 0 spiro atoms. The standard InChI is InChI=1S/C19H22N2O4/c1-25-14-5-3-2-4-13(14)20-15(22)8-9-21-18(23)16-11-6-7-12(10-11)17(16)19(21)24/h2-5,11-12,16-17H,6-10H2,1H3,(H,20,22)/t11-,12-,16+,17+/m0/s1. The van der Waals surface area contributed by atoms with Crippen molar-refractivity contribution in [3.63, 3.8) is 0 Å². The van der Waals surface area contributed by atoms with Gasteiger partial charge in [0.05, 0.1) is 24.6 Å². The number of nitrogens with one attached hydrogen (secondary N) is 1. The van der Waals surface area contributed by atoms with Gasteiger partial charge in [-0.3, -0.25) is 19.3 Å². The molecule has 2 bridgehead atoms. The topological polar surface area (TPSA) is 75.7 Å². The Bertz CT molecular complexity index is 704. The van der Waals surface area contributed by atoms with E-state index in [1.807, 2.05) is 12.1 Å². The molecule has 132 valence electrons.